The van der Waals surface area contributed by atoms with Crippen molar-refractivity contribution >= 4 is 22.4 Å². The molecule has 2 saturated heterocycles. The number of imidazole rings is 1. The second-order valence-corrected chi connectivity index (χ2v) is 8.11. The quantitative estimate of drug-likeness (QED) is 0.858. The minimum absolute atomic E-state index is 0.0114. The number of morpholine rings is 1. The van der Waals surface area contributed by atoms with Gasteiger partial charge in [-0.25, -0.2) is 9.97 Å². The molecule has 1 amide bonds. The number of amides is 1. The van der Waals surface area contributed by atoms with Crippen LogP contribution in [0.2, 0.25) is 0 Å². The van der Waals surface area contributed by atoms with Crippen LogP contribution in [0.15, 0.2) is 18.6 Å². The third-order valence-electron chi connectivity index (χ3n) is 5.32. The van der Waals surface area contributed by atoms with Crippen molar-refractivity contribution in [2.45, 2.75) is 25.0 Å². The van der Waals surface area contributed by atoms with Crippen molar-refractivity contribution in [3.05, 3.63) is 29.3 Å². The number of likely N-dealkylation sites (tertiary alicyclic amines) is 1. The van der Waals surface area contributed by atoms with E-state index in [1.165, 1.54) is 11.3 Å². The molecule has 2 fully saturated rings. The average molecular weight is 376 g/mol. The zero-order valence-corrected chi connectivity index (χ0v) is 15.7. The maximum absolute atomic E-state index is 12.7. The van der Waals surface area contributed by atoms with E-state index < -0.39 is 0 Å². The number of hydrogen-bond acceptors (Lipinski definition) is 7. The van der Waals surface area contributed by atoms with Crippen LogP contribution >= 0.6 is 11.3 Å². The third kappa shape index (κ3) is 3.46. The molecule has 2 aliphatic heterocycles. The van der Waals surface area contributed by atoms with Gasteiger partial charge in [-0.2, -0.15) is 0 Å². The van der Waals surface area contributed by atoms with Crippen molar-refractivity contribution in [3.8, 4) is 0 Å². The Morgan fingerprint density at radius 2 is 2.15 bits per heavy atom. The largest absolute Gasteiger partial charge is 0.375 e. The lowest BCUT2D eigenvalue weighted by molar-refractivity contribution is -0.128. The molecule has 4 heterocycles. The molecule has 1 spiro atoms. The van der Waals surface area contributed by atoms with Gasteiger partial charge in [0, 0.05) is 39.1 Å². The molecule has 0 bridgehead atoms. The second-order valence-electron chi connectivity index (χ2n) is 7.05. The first-order valence-corrected chi connectivity index (χ1v) is 9.69. The Kier molecular flexibility index (Phi) is 4.68. The van der Waals surface area contributed by atoms with Crippen molar-refractivity contribution in [1.82, 2.24) is 24.3 Å². The van der Waals surface area contributed by atoms with Gasteiger partial charge in [-0.15, -0.1) is 0 Å². The van der Waals surface area contributed by atoms with Gasteiger partial charge >= 0.3 is 0 Å². The molecule has 0 radical (unpaired) electrons. The Morgan fingerprint density at radius 3 is 2.81 bits per heavy atom. The highest BCUT2D eigenvalue weighted by Crippen LogP contribution is 2.31. The molecule has 26 heavy (non-hydrogen) atoms. The molecular formula is C17H24N6O2S. The highest BCUT2D eigenvalue weighted by Gasteiger charge is 2.41. The van der Waals surface area contributed by atoms with Crippen LogP contribution in [0.1, 0.15) is 28.3 Å². The van der Waals surface area contributed by atoms with E-state index in [9.17, 15) is 4.79 Å². The normalized spacial score (nSPS) is 20.6. The van der Waals surface area contributed by atoms with Gasteiger partial charge in [0.05, 0.1) is 31.5 Å². The lowest BCUT2D eigenvalue weighted by Crippen LogP contribution is -2.57. The van der Waals surface area contributed by atoms with Crippen LogP contribution in [0.4, 0.5) is 5.13 Å². The molecule has 0 unspecified atom stereocenters. The summed E-state index contributed by atoms with van der Waals surface area (Å²) in [5.41, 5.74) is 5.43. The molecule has 2 aromatic rings. The van der Waals surface area contributed by atoms with Gasteiger partial charge in [-0.3, -0.25) is 9.69 Å². The lowest BCUT2D eigenvalue weighted by atomic mass is 9.89. The van der Waals surface area contributed by atoms with E-state index in [0.29, 0.717) is 29.7 Å². The van der Waals surface area contributed by atoms with Crippen LogP contribution in [-0.4, -0.2) is 68.6 Å². The molecule has 140 valence electrons. The first-order valence-electron chi connectivity index (χ1n) is 8.88. The van der Waals surface area contributed by atoms with E-state index in [2.05, 4.69) is 19.4 Å². The average Bonchev–Trinajstić information content (AvgIpc) is 3.25. The Labute approximate surface area is 156 Å². The predicted octanol–water partition coefficient (Wildman–Crippen LogP) is 0.966. The van der Waals surface area contributed by atoms with Crippen molar-refractivity contribution in [2.24, 2.45) is 7.05 Å². The smallest absolute Gasteiger partial charge is 0.265 e. The van der Waals surface area contributed by atoms with Gasteiger partial charge in [0.15, 0.2) is 5.13 Å². The first-order chi connectivity index (χ1) is 12.5. The molecule has 0 aromatic carbocycles. The topological polar surface area (TPSA) is 89.5 Å². The monoisotopic (exact) mass is 376 g/mol. The van der Waals surface area contributed by atoms with Crippen LogP contribution in [0.5, 0.6) is 0 Å². The van der Waals surface area contributed by atoms with Crippen LogP contribution in [0.3, 0.4) is 0 Å². The van der Waals surface area contributed by atoms with Crippen LogP contribution in [0.25, 0.3) is 0 Å². The van der Waals surface area contributed by atoms with E-state index in [4.69, 9.17) is 10.5 Å². The molecule has 2 aliphatic rings. The number of thiazole rings is 1. The summed E-state index contributed by atoms with van der Waals surface area (Å²) in [5.74, 6) is 1.09. The van der Waals surface area contributed by atoms with Gasteiger partial charge in [-0.05, 0) is 12.8 Å². The maximum Gasteiger partial charge on any atom is 0.265 e. The van der Waals surface area contributed by atoms with Crippen LogP contribution in [0, 0.1) is 0 Å². The fraction of sp³-hybridized carbons (Fsp3) is 0.588. The summed E-state index contributed by atoms with van der Waals surface area (Å²) >= 11 is 1.25. The fourth-order valence-corrected chi connectivity index (χ4v) is 4.38. The van der Waals surface area contributed by atoms with Crippen LogP contribution in [-0.2, 0) is 18.3 Å². The Morgan fingerprint density at radius 1 is 1.35 bits per heavy atom. The minimum Gasteiger partial charge on any atom is -0.375 e. The molecule has 0 saturated carbocycles. The van der Waals surface area contributed by atoms with Gasteiger partial charge in [-0.1, -0.05) is 11.3 Å². The zero-order valence-electron chi connectivity index (χ0n) is 14.9. The summed E-state index contributed by atoms with van der Waals surface area (Å²) < 4.78 is 8.22. The SMILES string of the molecule is Cn1ccnc1CN1CCC2(CC1)CN(C(=O)c1cnc(N)s1)CCO2. The van der Waals surface area contributed by atoms with Gasteiger partial charge in [0.2, 0.25) is 0 Å². The number of hydrogen-bond donors (Lipinski definition) is 1. The molecule has 2 N–H and O–H groups in total. The minimum atomic E-state index is -0.234. The summed E-state index contributed by atoms with van der Waals surface area (Å²) in [7, 11) is 2.02. The van der Waals surface area contributed by atoms with E-state index in [1.54, 1.807) is 6.20 Å². The number of ether oxygens (including phenoxy) is 1. The number of anilines is 1. The molecule has 9 heteroatoms. The Bertz CT molecular complexity index is 780. The molecule has 0 atom stereocenters. The Balaban J connectivity index is 1.37. The standard InChI is InChI=1S/C17H24N6O2S/c1-21-7-4-19-14(21)11-22-5-2-17(3-6-22)12-23(8-9-25-17)15(24)13-10-20-16(18)26-13/h4,7,10H,2-3,5-6,8-9,11-12H2,1H3,(H2,18,20). The third-order valence-corrected chi connectivity index (χ3v) is 6.14. The number of nitrogen functional groups attached to an aromatic ring is 1. The number of aryl methyl sites for hydroxylation is 1. The predicted molar refractivity (Wildman–Crippen MR) is 98.8 cm³/mol. The van der Waals surface area contributed by atoms with E-state index in [1.807, 2.05) is 24.3 Å². The molecule has 8 nitrogen and oxygen atoms in total. The first kappa shape index (κ1) is 17.4. The highest BCUT2D eigenvalue weighted by atomic mass is 32.1. The molecule has 2 aromatic heterocycles. The van der Waals surface area contributed by atoms with Gasteiger partial charge in [0.25, 0.3) is 5.91 Å². The number of piperidine rings is 1. The van der Waals surface area contributed by atoms with Crippen molar-refractivity contribution in [2.75, 3.05) is 38.5 Å². The number of carbonyl (C=O) groups is 1. The number of rotatable bonds is 3. The van der Waals surface area contributed by atoms with Crippen molar-refractivity contribution in [1.29, 1.82) is 0 Å². The summed E-state index contributed by atoms with van der Waals surface area (Å²) in [5, 5.41) is 0.430. The second kappa shape index (κ2) is 6.98. The van der Waals surface area contributed by atoms with Crippen LogP contribution < -0.4 is 5.73 Å². The zero-order chi connectivity index (χ0) is 18.1. The number of carbonyl (C=O) groups excluding carboxylic acids is 1. The van der Waals surface area contributed by atoms with Crippen molar-refractivity contribution < 1.29 is 9.53 Å². The molecule has 0 aliphatic carbocycles. The molecular weight excluding hydrogens is 352 g/mol. The van der Waals surface area contributed by atoms with E-state index in [0.717, 1.165) is 38.3 Å². The number of aromatic nitrogens is 3. The van der Waals surface area contributed by atoms with E-state index >= 15 is 0 Å². The summed E-state index contributed by atoms with van der Waals surface area (Å²) in [6.45, 7) is 4.59. The number of nitrogens with zero attached hydrogens (tertiary/aromatic N) is 5. The number of nitrogens with two attached hydrogens (primary N) is 1. The van der Waals surface area contributed by atoms with Gasteiger partial charge < -0.3 is 19.9 Å². The lowest BCUT2D eigenvalue weighted by Gasteiger charge is -2.47. The van der Waals surface area contributed by atoms with Gasteiger partial charge in [0.1, 0.15) is 10.7 Å². The highest BCUT2D eigenvalue weighted by molar-refractivity contribution is 7.17. The van der Waals surface area contributed by atoms with E-state index in [-0.39, 0.29) is 11.5 Å². The summed E-state index contributed by atoms with van der Waals surface area (Å²) in [6.07, 6.45) is 7.22. The maximum atomic E-state index is 12.7. The Hall–Kier alpha value is -1.97. The molecule has 4 rings (SSSR count). The summed E-state index contributed by atoms with van der Waals surface area (Å²) in [6, 6.07) is 0. The summed E-state index contributed by atoms with van der Waals surface area (Å²) in [4.78, 5) is 26.0. The van der Waals surface area contributed by atoms with Crippen molar-refractivity contribution in [3.63, 3.8) is 0 Å². The fourth-order valence-electron chi connectivity index (χ4n) is 3.73.